The molecule has 50 heavy (non-hydrogen) atoms. The summed E-state index contributed by atoms with van der Waals surface area (Å²) >= 11 is 0. The van der Waals surface area contributed by atoms with E-state index in [2.05, 4.69) is 172 Å². The molecule has 0 aliphatic rings. The quantitative estimate of drug-likeness (QED) is 0.168. The van der Waals surface area contributed by atoms with Crippen LogP contribution >= 0.6 is 0 Å². The van der Waals surface area contributed by atoms with Crippen molar-refractivity contribution in [3.63, 3.8) is 0 Å². The first-order valence-corrected chi connectivity index (χ1v) is 17.6. The Labute approximate surface area is 292 Å². The Bertz CT molecular complexity index is 2670. The number of para-hydroxylation sites is 1. The highest BCUT2D eigenvalue weighted by Gasteiger charge is 2.23. The second-order valence-electron chi connectivity index (χ2n) is 14.0. The van der Waals surface area contributed by atoms with E-state index in [1.54, 1.807) is 0 Å². The highest BCUT2D eigenvalue weighted by Crippen LogP contribution is 2.42. The van der Waals surface area contributed by atoms with Crippen LogP contribution in [-0.2, 0) is 0 Å². The molecule has 3 heteroatoms. The SMILES string of the molecule is CC(C)c1cc(-c2ccccc2)cc(C(C)C)c1-n1ccnc1-c1cccc2c1oc1cc3c(ccc4cc(-c5ccccc5)ccc43)cc12. The van der Waals surface area contributed by atoms with Crippen LogP contribution < -0.4 is 0 Å². The van der Waals surface area contributed by atoms with Crippen molar-refractivity contribution in [1.82, 2.24) is 9.55 Å². The van der Waals surface area contributed by atoms with Gasteiger partial charge in [-0.3, -0.25) is 4.57 Å². The van der Waals surface area contributed by atoms with E-state index in [9.17, 15) is 0 Å². The number of fused-ring (bicyclic) bond motifs is 6. The Hall–Kier alpha value is -5.93. The molecule has 2 heterocycles. The fourth-order valence-electron chi connectivity index (χ4n) is 7.66. The Morgan fingerprint density at radius 2 is 1.18 bits per heavy atom. The summed E-state index contributed by atoms with van der Waals surface area (Å²) < 4.78 is 9.11. The number of aromatic nitrogens is 2. The molecule has 2 aromatic heterocycles. The first-order valence-electron chi connectivity index (χ1n) is 17.6. The standard InChI is InChI=1S/C47H38N2O/c1-29(2)40-26-36(32-14-9-6-10-15-32)27-41(30(3)4)45(40)49-23-22-48-47(49)39-17-11-16-38-43-25-35-19-18-34-24-33(31-12-7-5-8-13-31)20-21-37(34)42(35)28-44(43)50-46(38)39/h5-30H,1-4H3. The predicted octanol–water partition coefficient (Wildman–Crippen LogP) is 13.3. The second kappa shape index (κ2) is 11.9. The van der Waals surface area contributed by atoms with Crippen LogP contribution in [-0.4, -0.2) is 9.55 Å². The molecule has 3 nitrogen and oxygen atoms in total. The smallest absolute Gasteiger partial charge is 0.148 e. The van der Waals surface area contributed by atoms with E-state index in [1.165, 1.54) is 60.6 Å². The normalized spacial score (nSPS) is 12.0. The van der Waals surface area contributed by atoms with Gasteiger partial charge in [0.1, 0.15) is 17.0 Å². The van der Waals surface area contributed by atoms with Crippen LogP contribution in [0.3, 0.4) is 0 Å². The molecule has 0 aliphatic heterocycles. The molecule has 242 valence electrons. The fourth-order valence-corrected chi connectivity index (χ4v) is 7.66. The van der Waals surface area contributed by atoms with E-state index in [-0.39, 0.29) is 0 Å². The number of hydrogen-bond acceptors (Lipinski definition) is 2. The van der Waals surface area contributed by atoms with Crippen LogP contribution in [0.4, 0.5) is 0 Å². The molecule has 0 amide bonds. The summed E-state index contributed by atoms with van der Waals surface area (Å²) in [4.78, 5) is 5.00. The predicted molar refractivity (Wildman–Crippen MR) is 210 cm³/mol. The highest BCUT2D eigenvalue weighted by atomic mass is 16.3. The van der Waals surface area contributed by atoms with Crippen molar-refractivity contribution in [2.24, 2.45) is 0 Å². The van der Waals surface area contributed by atoms with Gasteiger partial charge in [-0.1, -0.05) is 125 Å². The first-order chi connectivity index (χ1) is 24.4. The lowest BCUT2D eigenvalue weighted by Crippen LogP contribution is -2.08. The van der Waals surface area contributed by atoms with Gasteiger partial charge in [0.25, 0.3) is 0 Å². The fraction of sp³-hybridized carbons (Fsp3) is 0.128. The van der Waals surface area contributed by atoms with Crippen molar-refractivity contribution in [2.75, 3.05) is 0 Å². The molecule has 9 aromatic rings. The largest absolute Gasteiger partial charge is 0.455 e. The molecule has 0 spiro atoms. The van der Waals surface area contributed by atoms with Crippen LogP contribution in [0.25, 0.3) is 82.8 Å². The van der Waals surface area contributed by atoms with Gasteiger partial charge in [0.05, 0.1) is 11.3 Å². The lowest BCUT2D eigenvalue weighted by Gasteiger charge is -2.23. The number of rotatable bonds is 6. The molecule has 0 N–H and O–H groups in total. The average Bonchev–Trinajstić information content (AvgIpc) is 3.78. The highest BCUT2D eigenvalue weighted by molar-refractivity contribution is 6.17. The van der Waals surface area contributed by atoms with Crippen molar-refractivity contribution in [1.29, 1.82) is 0 Å². The van der Waals surface area contributed by atoms with E-state index < -0.39 is 0 Å². The van der Waals surface area contributed by atoms with E-state index in [1.807, 2.05) is 6.20 Å². The van der Waals surface area contributed by atoms with Gasteiger partial charge in [0.15, 0.2) is 0 Å². The summed E-state index contributed by atoms with van der Waals surface area (Å²) in [5, 5.41) is 7.05. The zero-order valence-electron chi connectivity index (χ0n) is 28.8. The molecule has 0 saturated heterocycles. The summed E-state index contributed by atoms with van der Waals surface area (Å²) in [6.45, 7) is 9.13. The van der Waals surface area contributed by atoms with E-state index >= 15 is 0 Å². The topological polar surface area (TPSA) is 31.0 Å². The second-order valence-corrected chi connectivity index (χ2v) is 14.0. The van der Waals surface area contributed by atoms with E-state index in [0.717, 1.165) is 33.3 Å². The number of furan rings is 1. The minimum atomic E-state index is 0.314. The number of nitrogens with zero attached hydrogens (tertiary/aromatic N) is 2. The van der Waals surface area contributed by atoms with Crippen molar-refractivity contribution in [2.45, 2.75) is 39.5 Å². The zero-order valence-corrected chi connectivity index (χ0v) is 28.8. The van der Waals surface area contributed by atoms with Crippen molar-refractivity contribution in [3.8, 4) is 39.3 Å². The lowest BCUT2D eigenvalue weighted by molar-refractivity contribution is 0.670. The van der Waals surface area contributed by atoms with E-state index in [4.69, 9.17) is 9.40 Å². The van der Waals surface area contributed by atoms with Crippen LogP contribution in [0.1, 0.15) is 50.7 Å². The maximum Gasteiger partial charge on any atom is 0.148 e. The third-order valence-electron chi connectivity index (χ3n) is 10.2. The number of hydrogen-bond donors (Lipinski definition) is 0. The van der Waals surface area contributed by atoms with Gasteiger partial charge in [-0.2, -0.15) is 0 Å². The van der Waals surface area contributed by atoms with Gasteiger partial charge >= 0.3 is 0 Å². The summed E-state index contributed by atoms with van der Waals surface area (Å²) in [7, 11) is 0. The molecule has 7 aromatic carbocycles. The number of imidazole rings is 1. The van der Waals surface area contributed by atoms with Gasteiger partial charge in [0, 0.05) is 23.2 Å². The van der Waals surface area contributed by atoms with E-state index in [0.29, 0.717) is 11.8 Å². The minimum Gasteiger partial charge on any atom is -0.455 e. The Balaban J connectivity index is 1.22. The van der Waals surface area contributed by atoms with Crippen molar-refractivity contribution < 1.29 is 4.42 Å². The molecule has 0 unspecified atom stereocenters. The molecule has 0 radical (unpaired) electrons. The molecule has 0 bridgehead atoms. The maximum atomic E-state index is 6.83. The molecular weight excluding hydrogens is 609 g/mol. The first kappa shape index (κ1) is 30.2. The molecule has 0 atom stereocenters. The zero-order chi connectivity index (χ0) is 33.9. The molecule has 0 aliphatic carbocycles. The van der Waals surface area contributed by atoms with Gasteiger partial charge < -0.3 is 4.42 Å². The Morgan fingerprint density at radius 3 is 1.86 bits per heavy atom. The summed E-state index contributed by atoms with van der Waals surface area (Å²) in [6.07, 6.45) is 4.02. The van der Waals surface area contributed by atoms with Gasteiger partial charge in [-0.25, -0.2) is 4.98 Å². The number of benzene rings is 7. The third-order valence-corrected chi connectivity index (χ3v) is 10.2. The molecule has 9 rings (SSSR count). The van der Waals surface area contributed by atoms with Crippen molar-refractivity contribution in [3.05, 3.63) is 157 Å². The molecule has 0 saturated carbocycles. The van der Waals surface area contributed by atoms with Crippen LogP contribution in [0.15, 0.2) is 150 Å². The summed E-state index contributed by atoms with van der Waals surface area (Å²) in [5.41, 5.74) is 11.5. The molecular formula is C47H38N2O. The average molecular weight is 647 g/mol. The third kappa shape index (κ3) is 4.92. The monoisotopic (exact) mass is 646 g/mol. The van der Waals surface area contributed by atoms with Crippen LogP contribution in [0, 0.1) is 0 Å². The molecule has 0 fully saturated rings. The van der Waals surface area contributed by atoms with Gasteiger partial charge in [-0.15, -0.1) is 0 Å². The summed E-state index contributed by atoms with van der Waals surface area (Å²) in [6, 6.07) is 48.2. The Morgan fingerprint density at radius 1 is 0.520 bits per heavy atom. The summed E-state index contributed by atoms with van der Waals surface area (Å²) in [5.74, 6) is 1.51. The van der Waals surface area contributed by atoms with Crippen molar-refractivity contribution >= 4 is 43.5 Å². The maximum absolute atomic E-state index is 6.83. The van der Waals surface area contributed by atoms with Crippen LogP contribution in [0.5, 0.6) is 0 Å². The Kier molecular flexibility index (Phi) is 7.17. The van der Waals surface area contributed by atoms with Gasteiger partial charge in [0.2, 0.25) is 0 Å². The van der Waals surface area contributed by atoms with Gasteiger partial charge in [-0.05, 0) is 103 Å². The minimum absolute atomic E-state index is 0.314. The lowest BCUT2D eigenvalue weighted by atomic mass is 9.88. The van der Waals surface area contributed by atoms with Crippen LogP contribution in [0.2, 0.25) is 0 Å².